The lowest BCUT2D eigenvalue weighted by Gasteiger charge is -2.14. The lowest BCUT2D eigenvalue weighted by molar-refractivity contribution is -0.127. The Kier molecular flexibility index (Phi) is 1.81. The molecule has 2 N–H and O–H groups in total. The third-order valence-electron chi connectivity index (χ3n) is 1.66. The molecule has 4 nitrogen and oxygen atoms in total. The van der Waals surface area contributed by atoms with Crippen LogP contribution in [0.4, 0.5) is 0 Å². The van der Waals surface area contributed by atoms with Crippen LogP contribution < -0.4 is 5.73 Å². The van der Waals surface area contributed by atoms with Gasteiger partial charge in [-0.1, -0.05) is 0 Å². The largest absolute Gasteiger partial charge is 0.394 e. The quantitative estimate of drug-likeness (QED) is 0.547. The average molecular weight is 151 g/mol. The summed E-state index contributed by atoms with van der Waals surface area (Å²) in [6, 6.07) is 0. The van der Waals surface area contributed by atoms with Crippen LogP contribution in [-0.4, -0.2) is 17.4 Å². The number of hydrogen-bond acceptors (Lipinski definition) is 2. The van der Waals surface area contributed by atoms with E-state index in [-0.39, 0.29) is 12.3 Å². The highest BCUT2D eigenvalue weighted by Crippen LogP contribution is 2.20. The zero-order valence-corrected chi connectivity index (χ0v) is 6.29. The smallest absolute Gasteiger partial charge is 0.221 e. The fraction of sp³-hybridized carbons (Fsp3) is 0.429. The number of carbonyl (C=O) groups is 1. The lowest BCUT2D eigenvalue weighted by Crippen LogP contribution is -2.28. The summed E-state index contributed by atoms with van der Waals surface area (Å²) in [5.74, 6) is 0.253. The topological polar surface area (TPSA) is 50.7 Å². The van der Waals surface area contributed by atoms with Gasteiger partial charge in [-0.15, -0.1) is 0 Å². The molecule has 4 heteroatoms. The Morgan fingerprint density at radius 1 is 1.82 bits per heavy atom. The van der Waals surface area contributed by atoms with E-state index in [9.17, 15) is 4.79 Å². The van der Waals surface area contributed by atoms with Gasteiger partial charge in [0.05, 0.1) is 13.0 Å². The lowest BCUT2D eigenvalue weighted by atomic mass is 10.4. The van der Waals surface area contributed by atoms with Crippen LogP contribution in [0.1, 0.15) is 13.3 Å². The highest BCUT2D eigenvalue weighted by atomic mass is 16.2. The van der Waals surface area contributed by atoms with Gasteiger partial charge in [-0.25, -0.2) is 4.85 Å². The van der Waals surface area contributed by atoms with Gasteiger partial charge >= 0.3 is 0 Å². The van der Waals surface area contributed by atoms with Gasteiger partial charge < -0.3 is 10.6 Å². The van der Waals surface area contributed by atoms with Crippen molar-refractivity contribution in [3.05, 3.63) is 22.9 Å². The van der Waals surface area contributed by atoms with E-state index in [0.29, 0.717) is 18.1 Å². The van der Waals surface area contributed by atoms with E-state index in [1.165, 1.54) is 4.90 Å². The van der Waals surface area contributed by atoms with Crippen molar-refractivity contribution in [3.8, 4) is 0 Å². The monoisotopic (exact) mass is 151 g/mol. The maximum atomic E-state index is 11.0. The molecule has 0 radical (unpaired) electrons. The fourth-order valence-corrected chi connectivity index (χ4v) is 1.06. The molecule has 1 aliphatic heterocycles. The number of rotatable bonds is 1. The van der Waals surface area contributed by atoms with E-state index >= 15 is 0 Å². The van der Waals surface area contributed by atoms with Crippen molar-refractivity contribution in [3.63, 3.8) is 0 Å². The summed E-state index contributed by atoms with van der Waals surface area (Å²) in [6.45, 7) is 9.07. The van der Waals surface area contributed by atoms with Gasteiger partial charge in [-0.05, 0) is 6.92 Å². The molecule has 0 bridgehead atoms. The zero-order chi connectivity index (χ0) is 8.43. The van der Waals surface area contributed by atoms with E-state index in [4.69, 9.17) is 12.3 Å². The Bertz CT molecular complexity index is 261. The highest BCUT2D eigenvalue weighted by Gasteiger charge is 2.26. The minimum atomic E-state index is -0.0731. The minimum Gasteiger partial charge on any atom is -0.394 e. The van der Waals surface area contributed by atoms with Gasteiger partial charge in [0.25, 0.3) is 0 Å². The van der Waals surface area contributed by atoms with E-state index in [2.05, 4.69) is 4.85 Å². The van der Waals surface area contributed by atoms with Gasteiger partial charge in [0.2, 0.25) is 11.6 Å². The summed E-state index contributed by atoms with van der Waals surface area (Å²) in [5, 5.41) is 0. The maximum Gasteiger partial charge on any atom is 0.221 e. The Balaban J connectivity index is 2.93. The highest BCUT2D eigenvalue weighted by molar-refractivity contribution is 5.84. The van der Waals surface area contributed by atoms with Crippen molar-refractivity contribution in [1.29, 1.82) is 0 Å². The van der Waals surface area contributed by atoms with Crippen molar-refractivity contribution >= 4 is 5.91 Å². The van der Waals surface area contributed by atoms with Crippen molar-refractivity contribution in [2.45, 2.75) is 13.3 Å². The van der Waals surface area contributed by atoms with Crippen LogP contribution in [0.25, 0.3) is 4.85 Å². The molecule has 1 heterocycles. The third kappa shape index (κ3) is 1.05. The Labute approximate surface area is 65.1 Å². The van der Waals surface area contributed by atoms with Crippen LogP contribution in [0.15, 0.2) is 11.5 Å². The van der Waals surface area contributed by atoms with Crippen LogP contribution >= 0.6 is 0 Å². The predicted octanol–water partition coefficient (Wildman–Crippen LogP) is 0.286. The second kappa shape index (κ2) is 2.62. The van der Waals surface area contributed by atoms with Crippen molar-refractivity contribution in [2.75, 3.05) is 6.54 Å². The van der Waals surface area contributed by atoms with E-state index < -0.39 is 0 Å². The Hall–Kier alpha value is -1.50. The summed E-state index contributed by atoms with van der Waals surface area (Å²) < 4.78 is 0. The van der Waals surface area contributed by atoms with E-state index in [1.807, 2.05) is 6.92 Å². The van der Waals surface area contributed by atoms with Gasteiger partial charge in [-0.2, -0.15) is 0 Å². The van der Waals surface area contributed by atoms with Crippen LogP contribution in [0.2, 0.25) is 0 Å². The number of nitrogens with zero attached hydrogens (tertiary/aromatic N) is 2. The second-order valence-corrected chi connectivity index (χ2v) is 2.26. The first kappa shape index (κ1) is 7.61. The normalized spacial score (nSPS) is 17.5. The molecule has 1 aliphatic rings. The minimum absolute atomic E-state index is 0.0731. The molecule has 0 fully saturated rings. The molecule has 0 saturated heterocycles. The summed E-state index contributed by atoms with van der Waals surface area (Å²) >= 11 is 0. The van der Waals surface area contributed by atoms with Crippen LogP contribution in [0.5, 0.6) is 0 Å². The fourth-order valence-electron chi connectivity index (χ4n) is 1.06. The Morgan fingerprint density at radius 2 is 2.45 bits per heavy atom. The van der Waals surface area contributed by atoms with Crippen molar-refractivity contribution < 1.29 is 4.79 Å². The second-order valence-electron chi connectivity index (χ2n) is 2.26. The van der Waals surface area contributed by atoms with Crippen LogP contribution in [0, 0.1) is 6.57 Å². The van der Waals surface area contributed by atoms with Crippen LogP contribution in [-0.2, 0) is 4.79 Å². The van der Waals surface area contributed by atoms with E-state index in [0.717, 1.165) is 0 Å². The molecule has 0 spiro atoms. The van der Waals surface area contributed by atoms with Gasteiger partial charge in [0.1, 0.15) is 5.82 Å². The molecule has 58 valence electrons. The maximum absolute atomic E-state index is 11.0. The standard InChI is InChI=1S/C7H9N3O/c1-3-10-6(11)4-5(9-2)7(10)8/h3-4,8H2,1H3. The van der Waals surface area contributed by atoms with Crippen LogP contribution in [0.3, 0.4) is 0 Å². The molecule has 0 aliphatic carbocycles. The number of carbonyl (C=O) groups excluding carboxylic acids is 1. The van der Waals surface area contributed by atoms with E-state index in [1.54, 1.807) is 0 Å². The summed E-state index contributed by atoms with van der Waals surface area (Å²) in [7, 11) is 0. The Morgan fingerprint density at radius 3 is 2.73 bits per heavy atom. The molecular weight excluding hydrogens is 142 g/mol. The molecule has 1 rings (SSSR count). The summed E-state index contributed by atoms with van der Waals surface area (Å²) in [5.41, 5.74) is 5.88. The molecule has 1 amide bonds. The van der Waals surface area contributed by atoms with Crippen molar-refractivity contribution in [1.82, 2.24) is 4.90 Å². The molecule has 0 saturated carbocycles. The van der Waals surface area contributed by atoms with Gasteiger partial charge in [0.15, 0.2) is 0 Å². The zero-order valence-electron chi connectivity index (χ0n) is 6.29. The number of amides is 1. The van der Waals surface area contributed by atoms with Gasteiger partial charge in [-0.3, -0.25) is 4.79 Å². The van der Waals surface area contributed by atoms with Gasteiger partial charge in [0, 0.05) is 6.54 Å². The average Bonchev–Trinajstić information content (AvgIpc) is 2.26. The third-order valence-corrected chi connectivity index (χ3v) is 1.66. The summed E-state index contributed by atoms with van der Waals surface area (Å²) in [4.78, 5) is 15.6. The first-order chi connectivity index (χ1) is 5.20. The molecule has 11 heavy (non-hydrogen) atoms. The molecule has 0 unspecified atom stereocenters. The first-order valence-electron chi connectivity index (χ1n) is 3.37. The molecule has 0 aromatic rings. The number of hydrogen-bond donors (Lipinski definition) is 1. The van der Waals surface area contributed by atoms with Crippen molar-refractivity contribution in [2.24, 2.45) is 5.73 Å². The molecule has 0 atom stereocenters. The predicted molar refractivity (Wildman–Crippen MR) is 39.8 cm³/mol. The first-order valence-corrected chi connectivity index (χ1v) is 3.37. The molecule has 0 aromatic carbocycles. The number of nitrogens with two attached hydrogens (primary N) is 1. The molecule has 0 aromatic heterocycles. The SMILES string of the molecule is [C-]#[N+]C1=C(N)N(CC)C(=O)C1. The summed E-state index contributed by atoms with van der Waals surface area (Å²) in [6.07, 6.45) is 0.170. The molecular formula is C7H9N3O.